The summed E-state index contributed by atoms with van der Waals surface area (Å²) in [5.74, 6) is 0.140. The quantitative estimate of drug-likeness (QED) is 0.680. The van der Waals surface area contributed by atoms with E-state index in [0.29, 0.717) is 35.9 Å². The van der Waals surface area contributed by atoms with Crippen molar-refractivity contribution in [1.29, 1.82) is 0 Å². The van der Waals surface area contributed by atoms with Crippen molar-refractivity contribution in [3.63, 3.8) is 0 Å². The minimum atomic E-state index is -0.260. The molecule has 2 fully saturated rings. The molecule has 4 rings (SSSR count). The summed E-state index contributed by atoms with van der Waals surface area (Å²) in [6.45, 7) is 1.28. The lowest BCUT2D eigenvalue weighted by atomic mass is 9.83. The number of nitrogens with one attached hydrogen (secondary N) is 3. The van der Waals surface area contributed by atoms with E-state index in [-0.39, 0.29) is 30.3 Å². The predicted molar refractivity (Wildman–Crippen MR) is 95.2 cm³/mol. The topological polar surface area (TPSA) is 90.5 Å². The Labute approximate surface area is 152 Å². The molecule has 7 heteroatoms. The first-order chi connectivity index (χ1) is 12.6. The van der Waals surface area contributed by atoms with E-state index in [0.717, 1.165) is 25.8 Å². The first kappa shape index (κ1) is 17.2. The predicted octanol–water partition coefficient (Wildman–Crippen LogP) is 0.824. The van der Waals surface area contributed by atoms with Crippen molar-refractivity contribution in [3.8, 4) is 0 Å². The Morgan fingerprint density at radius 2 is 1.88 bits per heavy atom. The van der Waals surface area contributed by atoms with Gasteiger partial charge in [0, 0.05) is 31.6 Å². The number of amides is 3. The molecule has 1 saturated carbocycles. The van der Waals surface area contributed by atoms with E-state index in [9.17, 15) is 14.4 Å². The molecule has 2 aliphatic heterocycles. The van der Waals surface area contributed by atoms with Gasteiger partial charge < -0.3 is 5.32 Å². The molecule has 1 aromatic rings. The largest absolute Gasteiger partial charge is 0.353 e. The minimum absolute atomic E-state index is 0.00369. The van der Waals surface area contributed by atoms with Gasteiger partial charge in [-0.2, -0.15) is 0 Å². The van der Waals surface area contributed by atoms with E-state index in [1.165, 1.54) is 4.90 Å². The smallest absolute Gasteiger partial charge is 0.261 e. The maximum atomic E-state index is 12.3. The molecule has 3 aliphatic rings. The maximum Gasteiger partial charge on any atom is 0.261 e. The summed E-state index contributed by atoms with van der Waals surface area (Å²) in [7, 11) is 0. The summed E-state index contributed by atoms with van der Waals surface area (Å²) in [6.07, 6.45) is 3.88. The molecule has 7 nitrogen and oxygen atoms in total. The van der Waals surface area contributed by atoms with Gasteiger partial charge in [0.25, 0.3) is 11.8 Å². The van der Waals surface area contributed by atoms with Crippen molar-refractivity contribution in [3.05, 3.63) is 35.4 Å². The lowest BCUT2D eigenvalue weighted by molar-refractivity contribution is -0.122. The normalized spacial score (nSPS) is 27.4. The van der Waals surface area contributed by atoms with E-state index in [4.69, 9.17) is 0 Å². The number of hydrogen-bond donors (Lipinski definition) is 3. The number of hydrazine groups is 1. The van der Waals surface area contributed by atoms with E-state index in [1.807, 2.05) is 0 Å². The fraction of sp³-hybridized carbons (Fsp3) is 0.526. The summed E-state index contributed by atoms with van der Waals surface area (Å²) in [5, 5.41) is 3.10. The van der Waals surface area contributed by atoms with Crippen LogP contribution in [0.1, 0.15) is 52.8 Å². The van der Waals surface area contributed by atoms with Gasteiger partial charge in [-0.3, -0.25) is 30.1 Å². The second-order valence-corrected chi connectivity index (χ2v) is 7.38. The fourth-order valence-corrected chi connectivity index (χ4v) is 4.25. The molecule has 0 bridgehead atoms. The SMILES string of the molecule is O=C(CCCN1C(=O)c2ccccc2C1=O)NC1CCC2CNNC2C1. The molecule has 3 N–H and O–H groups in total. The van der Waals surface area contributed by atoms with Crippen LogP contribution in [0.25, 0.3) is 0 Å². The van der Waals surface area contributed by atoms with Gasteiger partial charge in [-0.15, -0.1) is 0 Å². The van der Waals surface area contributed by atoms with Crippen LogP contribution in [0.2, 0.25) is 0 Å². The standard InChI is InChI=1S/C19H24N4O3/c24-17(21-13-8-7-12-11-20-22-16(12)10-13)6-3-9-23-18(25)14-4-1-2-5-15(14)19(23)26/h1-2,4-5,12-13,16,20,22H,3,6-11H2,(H,21,24). The first-order valence-corrected chi connectivity index (χ1v) is 9.36. The van der Waals surface area contributed by atoms with Crippen molar-refractivity contribution in [1.82, 2.24) is 21.1 Å². The number of hydrogen-bond acceptors (Lipinski definition) is 5. The molecule has 0 radical (unpaired) electrons. The van der Waals surface area contributed by atoms with Gasteiger partial charge in [-0.05, 0) is 43.7 Å². The average molecular weight is 356 g/mol. The van der Waals surface area contributed by atoms with E-state index in [1.54, 1.807) is 24.3 Å². The first-order valence-electron chi connectivity index (χ1n) is 9.36. The highest BCUT2D eigenvalue weighted by Gasteiger charge is 2.35. The summed E-state index contributed by atoms with van der Waals surface area (Å²) < 4.78 is 0. The van der Waals surface area contributed by atoms with Gasteiger partial charge in [0.05, 0.1) is 11.1 Å². The Balaban J connectivity index is 1.23. The zero-order chi connectivity index (χ0) is 18.1. The molecule has 26 heavy (non-hydrogen) atoms. The van der Waals surface area contributed by atoms with Crippen LogP contribution in [0, 0.1) is 5.92 Å². The van der Waals surface area contributed by atoms with Crippen LogP contribution in [0.5, 0.6) is 0 Å². The highest BCUT2D eigenvalue weighted by molar-refractivity contribution is 6.21. The van der Waals surface area contributed by atoms with Gasteiger partial charge in [0.1, 0.15) is 0 Å². The third kappa shape index (κ3) is 3.24. The van der Waals surface area contributed by atoms with Crippen LogP contribution in [0.3, 0.4) is 0 Å². The lowest BCUT2D eigenvalue weighted by Crippen LogP contribution is -2.45. The number of carbonyl (C=O) groups excluding carboxylic acids is 3. The molecule has 3 unspecified atom stereocenters. The van der Waals surface area contributed by atoms with Crippen LogP contribution >= 0.6 is 0 Å². The summed E-state index contributed by atoms with van der Waals surface area (Å²) >= 11 is 0. The van der Waals surface area contributed by atoms with Crippen molar-refractivity contribution in [2.24, 2.45) is 5.92 Å². The van der Waals surface area contributed by atoms with Gasteiger partial charge in [-0.1, -0.05) is 12.1 Å². The number of fused-ring (bicyclic) bond motifs is 2. The molecule has 1 aromatic carbocycles. The van der Waals surface area contributed by atoms with Crippen LogP contribution in [0.4, 0.5) is 0 Å². The van der Waals surface area contributed by atoms with Crippen LogP contribution < -0.4 is 16.2 Å². The molecule has 1 aliphatic carbocycles. The molecule has 0 spiro atoms. The van der Waals surface area contributed by atoms with Gasteiger partial charge in [0.15, 0.2) is 0 Å². The second kappa shape index (κ2) is 7.17. The minimum Gasteiger partial charge on any atom is -0.353 e. The van der Waals surface area contributed by atoms with Gasteiger partial charge in [0.2, 0.25) is 5.91 Å². The van der Waals surface area contributed by atoms with Crippen molar-refractivity contribution in [2.75, 3.05) is 13.1 Å². The highest BCUT2D eigenvalue weighted by atomic mass is 16.2. The molecule has 2 heterocycles. The zero-order valence-electron chi connectivity index (χ0n) is 14.7. The van der Waals surface area contributed by atoms with E-state index >= 15 is 0 Å². The summed E-state index contributed by atoms with van der Waals surface area (Å²) in [4.78, 5) is 38.1. The molecule has 138 valence electrons. The van der Waals surface area contributed by atoms with E-state index in [2.05, 4.69) is 16.2 Å². The molecular formula is C19H24N4O3. The maximum absolute atomic E-state index is 12.3. The van der Waals surface area contributed by atoms with Crippen LogP contribution in [-0.2, 0) is 4.79 Å². The Morgan fingerprint density at radius 3 is 2.62 bits per heavy atom. The molecular weight excluding hydrogens is 332 g/mol. The van der Waals surface area contributed by atoms with Crippen molar-refractivity contribution < 1.29 is 14.4 Å². The monoisotopic (exact) mass is 356 g/mol. The molecule has 0 aromatic heterocycles. The Morgan fingerprint density at radius 1 is 1.15 bits per heavy atom. The second-order valence-electron chi connectivity index (χ2n) is 7.38. The summed E-state index contributed by atoms with van der Waals surface area (Å²) in [6, 6.07) is 7.49. The van der Waals surface area contributed by atoms with Crippen LogP contribution in [-0.4, -0.2) is 47.8 Å². The highest BCUT2D eigenvalue weighted by Crippen LogP contribution is 2.27. The third-order valence-electron chi connectivity index (χ3n) is 5.67. The molecule has 3 amide bonds. The van der Waals surface area contributed by atoms with Gasteiger partial charge in [-0.25, -0.2) is 0 Å². The fourth-order valence-electron chi connectivity index (χ4n) is 4.25. The Bertz CT molecular complexity index is 700. The van der Waals surface area contributed by atoms with Crippen LogP contribution in [0.15, 0.2) is 24.3 Å². The van der Waals surface area contributed by atoms with Crippen molar-refractivity contribution >= 4 is 17.7 Å². The lowest BCUT2D eigenvalue weighted by Gasteiger charge is -2.31. The third-order valence-corrected chi connectivity index (χ3v) is 5.67. The number of nitrogens with zero attached hydrogens (tertiary/aromatic N) is 1. The van der Waals surface area contributed by atoms with Gasteiger partial charge >= 0.3 is 0 Å². The number of rotatable bonds is 5. The van der Waals surface area contributed by atoms with Crippen molar-refractivity contribution in [2.45, 2.75) is 44.2 Å². The number of imide groups is 1. The Hall–Kier alpha value is -2.25. The number of benzene rings is 1. The Kier molecular flexibility index (Phi) is 4.74. The molecule has 1 saturated heterocycles. The zero-order valence-corrected chi connectivity index (χ0v) is 14.7. The van der Waals surface area contributed by atoms with E-state index < -0.39 is 0 Å². The average Bonchev–Trinajstić information content (AvgIpc) is 3.20. The summed E-state index contributed by atoms with van der Waals surface area (Å²) in [5.41, 5.74) is 7.37. The molecule has 3 atom stereocenters. The number of carbonyl (C=O) groups is 3.